The minimum absolute atomic E-state index is 0.207. The Bertz CT molecular complexity index is 559. The van der Waals surface area contributed by atoms with E-state index in [0.717, 1.165) is 42.9 Å². The Morgan fingerprint density at radius 1 is 1.45 bits per heavy atom. The van der Waals surface area contributed by atoms with Crippen LogP contribution < -0.4 is 10.0 Å². The number of sulfonamides is 1. The van der Waals surface area contributed by atoms with E-state index in [1.54, 1.807) is 4.68 Å². The molecule has 114 valence electrons. The van der Waals surface area contributed by atoms with Crippen molar-refractivity contribution in [3.05, 3.63) is 17.0 Å². The van der Waals surface area contributed by atoms with Gasteiger partial charge in [0.05, 0.1) is 11.4 Å². The van der Waals surface area contributed by atoms with Gasteiger partial charge in [0.1, 0.15) is 0 Å². The lowest BCUT2D eigenvalue weighted by molar-refractivity contribution is 0.402. The molecule has 20 heavy (non-hydrogen) atoms. The van der Waals surface area contributed by atoms with Crippen molar-refractivity contribution in [2.24, 2.45) is 13.0 Å². The molecule has 0 aromatic carbocycles. The van der Waals surface area contributed by atoms with Crippen molar-refractivity contribution in [1.82, 2.24) is 19.8 Å². The molecule has 1 unspecified atom stereocenters. The molecule has 2 N–H and O–H groups in total. The first kappa shape index (κ1) is 15.5. The molecule has 0 bridgehead atoms. The summed E-state index contributed by atoms with van der Waals surface area (Å²) >= 11 is 0. The average molecular weight is 300 g/mol. The first-order chi connectivity index (χ1) is 9.39. The van der Waals surface area contributed by atoms with Crippen LogP contribution in [0.1, 0.15) is 29.8 Å². The Morgan fingerprint density at radius 3 is 2.75 bits per heavy atom. The van der Waals surface area contributed by atoms with Gasteiger partial charge in [-0.2, -0.15) is 5.10 Å². The topological polar surface area (TPSA) is 76.0 Å². The zero-order chi connectivity index (χ0) is 14.8. The molecule has 0 saturated carbocycles. The Morgan fingerprint density at radius 2 is 2.20 bits per heavy atom. The third-order valence-electron chi connectivity index (χ3n) is 3.98. The highest BCUT2D eigenvalue weighted by molar-refractivity contribution is 7.89. The summed E-state index contributed by atoms with van der Waals surface area (Å²) in [6.07, 6.45) is 2.04. The number of aromatic nitrogens is 2. The zero-order valence-corrected chi connectivity index (χ0v) is 13.3. The number of nitrogens with zero attached hydrogens (tertiary/aromatic N) is 2. The molecule has 7 heteroatoms. The second kappa shape index (κ2) is 6.24. The van der Waals surface area contributed by atoms with Gasteiger partial charge in [0.25, 0.3) is 0 Å². The van der Waals surface area contributed by atoms with Crippen LogP contribution in [-0.4, -0.2) is 37.0 Å². The number of hydrogen-bond acceptors (Lipinski definition) is 4. The van der Waals surface area contributed by atoms with Crippen molar-refractivity contribution in [1.29, 1.82) is 0 Å². The molecule has 1 atom stereocenters. The largest absolute Gasteiger partial charge is 0.316 e. The van der Waals surface area contributed by atoms with Crippen molar-refractivity contribution in [2.45, 2.75) is 33.2 Å². The van der Waals surface area contributed by atoms with E-state index in [2.05, 4.69) is 15.1 Å². The SMILES string of the molecule is Cc1nn(C)c(C)c1CNS(=O)(=O)CC1CCCNC1. The standard InChI is InChI=1S/C13H24N4O2S/c1-10-13(11(2)17(3)16-10)8-15-20(18,19)9-12-5-4-6-14-7-12/h12,14-15H,4-9H2,1-3H3. The average Bonchev–Trinajstić information content (AvgIpc) is 2.62. The van der Waals surface area contributed by atoms with Crippen LogP contribution in [0.15, 0.2) is 0 Å². The maximum atomic E-state index is 12.1. The van der Waals surface area contributed by atoms with Crippen molar-refractivity contribution in [3.63, 3.8) is 0 Å². The number of hydrogen-bond donors (Lipinski definition) is 2. The maximum absolute atomic E-state index is 12.1. The fraction of sp³-hybridized carbons (Fsp3) is 0.769. The van der Waals surface area contributed by atoms with Crippen LogP contribution in [0.3, 0.4) is 0 Å². The van der Waals surface area contributed by atoms with Gasteiger partial charge in [0.15, 0.2) is 0 Å². The molecule has 1 fully saturated rings. The lowest BCUT2D eigenvalue weighted by Crippen LogP contribution is -2.37. The molecule has 2 rings (SSSR count). The van der Waals surface area contributed by atoms with Crippen LogP contribution in [0.25, 0.3) is 0 Å². The molecule has 1 aromatic rings. The van der Waals surface area contributed by atoms with Gasteiger partial charge >= 0.3 is 0 Å². The summed E-state index contributed by atoms with van der Waals surface area (Å²) in [5.74, 6) is 0.426. The normalized spacial score (nSPS) is 20.2. The molecular formula is C13H24N4O2S. The lowest BCUT2D eigenvalue weighted by atomic mass is 10.0. The van der Waals surface area contributed by atoms with E-state index in [0.29, 0.717) is 6.54 Å². The zero-order valence-electron chi connectivity index (χ0n) is 12.4. The maximum Gasteiger partial charge on any atom is 0.212 e. The third kappa shape index (κ3) is 3.80. The highest BCUT2D eigenvalue weighted by Crippen LogP contribution is 2.14. The second-order valence-electron chi connectivity index (χ2n) is 5.59. The molecular weight excluding hydrogens is 276 g/mol. The first-order valence-corrected chi connectivity index (χ1v) is 8.71. The monoisotopic (exact) mass is 300 g/mol. The third-order valence-corrected chi connectivity index (χ3v) is 5.48. The van der Waals surface area contributed by atoms with Crippen LogP contribution in [0.5, 0.6) is 0 Å². The van der Waals surface area contributed by atoms with Crippen LogP contribution in [0.4, 0.5) is 0 Å². The van der Waals surface area contributed by atoms with Gasteiger partial charge < -0.3 is 5.32 Å². The summed E-state index contributed by atoms with van der Waals surface area (Å²) in [5.41, 5.74) is 2.86. The summed E-state index contributed by atoms with van der Waals surface area (Å²) in [4.78, 5) is 0. The van der Waals surface area contributed by atoms with Gasteiger partial charge in [-0.25, -0.2) is 13.1 Å². The van der Waals surface area contributed by atoms with Gasteiger partial charge in [-0.1, -0.05) is 0 Å². The molecule has 1 saturated heterocycles. The quantitative estimate of drug-likeness (QED) is 0.828. The lowest BCUT2D eigenvalue weighted by Gasteiger charge is -2.22. The fourth-order valence-electron chi connectivity index (χ4n) is 2.69. The van der Waals surface area contributed by atoms with E-state index >= 15 is 0 Å². The van der Waals surface area contributed by atoms with Crippen LogP contribution >= 0.6 is 0 Å². The Kier molecular flexibility index (Phi) is 4.82. The second-order valence-corrected chi connectivity index (χ2v) is 7.44. The van der Waals surface area contributed by atoms with Crippen molar-refractivity contribution < 1.29 is 8.42 Å². The van der Waals surface area contributed by atoms with E-state index in [1.807, 2.05) is 20.9 Å². The van der Waals surface area contributed by atoms with E-state index in [4.69, 9.17) is 0 Å². The molecule has 1 aliphatic rings. The number of nitrogens with one attached hydrogen (secondary N) is 2. The Labute approximate surface area is 121 Å². The van der Waals surface area contributed by atoms with E-state index in [1.165, 1.54) is 0 Å². The predicted octanol–water partition coefficient (Wildman–Crippen LogP) is 0.456. The summed E-state index contributed by atoms with van der Waals surface area (Å²) in [6.45, 7) is 5.98. The van der Waals surface area contributed by atoms with Gasteiger partial charge in [-0.05, 0) is 45.7 Å². The van der Waals surface area contributed by atoms with E-state index in [9.17, 15) is 8.42 Å². The summed E-state index contributed by atoms with van der Waals surface area (Å²) in [7, 11) is -1.36. The van der Waals surface area contributed by atoms with Crippen molar-refractivity contribution in [2.75, 3.05) is 18.8 Å². The van der Waals surface area contributed by atoms with Gasteiger partial charge in [0, 0.05) is 24.8 Å². The molecule has 1 aromatic heterocycles. The van der Waals surface area contributed by atoms with E-state index < -0.39 is 10.0 Å². The van der Waals surface area contributed by atoms with Crippen LogP contribution in [-0.2, 0) is 23.6 Å². The minimum atomic E-state index is -3.23. The number of aryl methyl sites for hydroxylation is 2. The highest BCUT2D eigenvalue weighted by atomic mass is 32.2. The Balaban J connectivity index is 1.94. The highest BCUT2D eigenvalue weighted by Gasteiger charge is 2.21. The van der Waals surface area contributed by atoms with E-state index in [-0.39, 0.29) is 11.7 Å². The summed E-state index contributed by atoms with van der Waals surface area (Å²) in [5, 5.41) is 7.55. The summed E-state index contributed by atoms with van der Waals surface area (Å²) < 4.78 is 28.8. The predicted molar refractivity (Wildman–Crippen MR) is 78.9 cm³/mol. The van der Waals surface area contributed by atoms with Gasteiger partial charge in [0.2, 0.25) is 10.0 Å². The number of piperidine rings is 1. The van der Waals surface area contributed by atoms with Crippen LogP contribution in [0, 0.1) is 19.8 Å². The molecule has 6 nitrogen and oxygen atoms in total. The smallest absolute Gasteiger partial charge is 0.212 e. The first-order valence-electron chi connectivity index (χ1n) is 7.06. The molecule has 0 aliphatic carbocycles. The van der Waals surface area contributed by atoms with Gasteiger partial charge in [-0.15, -0.1) is 0 Å². The summed E-state index contributed by atoms with van der Waals surface area (Å²) in [6, 6.07) is 0. The molecule has 0 radical (unpaired) electrons. The van der Waals surface area contributed by atoms with Crippen molar-refractivity contribution in [3.8, 4) is 0 Å². The Hall–Kier alpha value is -0.920. The molecule has 2 heterocycles. The molecule has 0 amide bonds. The fourth-order valence-corrected chi connectivity index (χ4v) is 4.08. The van der Waals surface area contributed by atoms with Crippen molar-refractivity contribution >= 4 is 10.0 Å². The molecule has 1 aliphatic heterocycles. The minimum Gasteiger partial charge on any atom is -0.316 e. The number of rotatable bonds is 5. The molecule has 0 spiro atoms. The van der Waals surface area contributed by atoms with Gasteiger partial charge in [-0.3, -0.25) is 4.68 Å². The van der Waals surface area contributed by atoms with Crippen LogP contribution in [0.2, 0.25) is 0 Å².